The van der Waals surface area contributed by atoms with E-state index in [1.54, 1.807) is 6.21 Å². The molecule has 3 rings (SSSR count). The SMILES string of the molecule is CCCCCOc1ccc(/C=N\Nc2nc(-c3ccccc3)c(C(=O)OC)s2)cc1. The number of methoxy groups -OCH3 is 1. The average Bonchev–Trinajstić information content (AvgIpc) is 3.22. The van der Waals surface area contributed by atoms with Crippen LogP contribution in [0.2, 0.25) is 0 Å². The Balaban J connectivity index is 1.64. The molecule has 0 radical (unpaired) electrons. The second kappa shape index (κ2) is 11.1. The Kier molecular flexibility index (Phi) is 7.97. The molecule has 30 heavy (non-hydrogen) atoms. The molecule has 0 atom stereocenters. The summed E-state index contributed by atoms with van der Waals surface area (Å²) >= 11 is 1.21. The van der Waals surface area contributed by atoms with Gasteiger partial charge in [-0.25, -0.2) is 9.78 Å². The molecule has 0 aliphatic rings. The van der Waals surface area contributed by atoms with Crippen LogP contribution in [0.3, 0.4) is 0 Å². The van der Waals surface area contributed by atoms with Crippen molar-refractivity contribution in [3.8, 4) is 17.0 Å². The highest BCUT2D eigenvalue weighted by atomic mass is 32.1. The van der Waals surface area contributed by atoms with E-state index < -0.39 is 5.97 Å². The van der Waals surface area contributed by atoms with Crippen molar-refractivity contribution < 1.29 is 14.3 Å². The summed E-state index contributed by atoms with van der Waals surface area (Å²) in [6.07, 6.45) is 5.12. The largest absolute Gasteiger partial charge is 0.494 e. The van der Waals surface area contributed by atoms with Crippen LogP contribution >= 0.6 is 11.3 Å². The van der Waals surface area contributed by atoms with Gasteiger partial charge in [0.25, 0.3) is 0 Å². The molecule has 7 heteroatoms. The minimum absolute atomic E-state index is 0.419. The van der Waals surface area contributed by atoms with Crippen molar-refractivity contribution in [1.29, 1.82) is 0 Å². The smallest absolute Gasteiger partial charge is 0.350 e. The maximum absolute atomic E-state index is 12.1. The number of aromatic nitrogens is 1. The fourth-order valence-electron chi connectivity index (χ4n) is 2.74. The highest BCUT2D eigenvalue weighted by Gasteiger charge is 2.19. The molecule has 6 nitrogen and oxygen atoms in total. The van der Waals surface area contributed by atoms with Crippen molar-refractivity contribution in [1.82, 2.24) is 4.98 Å². The van der Waals surface area contributed by atoms with E-state index in [1.807, 2.05) is 54.6 Å². The number of benzene rings is 2. The van der Waals surface area contributed by atoms with Crippen LogP contribution in [0, 0.1) is 0 Å². The van der Waals surface area contributed by atoms with E-state index in [-0.39, 0.29) is 0 Å². The number of hydrogen-bond donors (Lipinski definition) is 1. The minimum Gasteiger partial charge on any atom is -0.494 e. The lowest BCUT2D eigenvalue weighted by atomic mass is 10.1. The van der Waals surface area contributed by atoms with Crippen molar-refractivity contribution in [3.05, 3.63) is 65.0 Å². The Morgan fingerprint density at radius 2 is 1.90 bits per heavy atom. The Bertz CT molecular complexity index is 969. The summed E-state index contributed by atoms with van der Waals surface area (Å²) in [5.74, 6) is 0.435. The normalized spacial score (nSPS) is 10.9. The Morgan fingerprint density at radius 3 is 2.60 bits per heavy atom. The quantitative estimate of drug-likeness (QED) is 0.199. The zero-order valence-electron chi connectivity index (χ0n) is 17.1. The van der Waals surface area contributed by atoms with Gasteiger partial charge in [0, 0.05) is 5.56 Å². The second-order valence-corrected chi connectivity index (χ2v) is 7.55. The number of unbranched alkanes of at least 4 members (excludes halogenated alkanes) is 2. The highest BCUT2D eigenvalue weighted by molar-refractivity contribution is 7.17. The molecule has 0 aliphatic carbocycles. The lowest BCUT2D eigenvalue weighted by molar-refractivity contribution is 0.0607. The highest BCUT2D eigenvalue weighted by Crippen LogP contribution is 2.31. The lowest BCUT2D eigenvalue weighted by Crippen LogP contribution is -2.00. The number of ether oxygens (including phenoxy) is 2. The molecule has 0 fully saturated rings. The molecular weight excluding hydrogens is 398 g/mol. The van der Waals surface area contributed by atoms with Crippen LogP contribution < -0.4 is 10.2 Å². The molecule has 1 N–H and O–H groups in total. The maximum atomic E-state index is 12.1. The zero-order chi connectivity index (χ0) is 21.2. The van der Waals surface area contributed by atoms with E-state index in [4.69, 9.17) is 9.47 Å². The van der Waals surface area contributed by atoms with E-state index >= 15 is 0 Å². The zero-order valence-corrected chi connectivity index (χ0v) is 17.9. The number of hydrogen-bond acceptors (Lipinski definition) is 7. The summed E-state index contributed by atoms with van der Waals surface area (Å²) in [4.78, 5) is 17.1. The third-order valence-electron chi connectivity index (χ3n) is 4.32. The van der Waals surface area contributed by atoms with Crippen LogP contribution in [0.25, 0.3) is 11.3 Å². The number of nitrogens with zero attached hydrogens (tertiary/aromatic N) is 2. The third-order valence-corrected chi connectivity index (χ3v) is 5.26. The summed E-state index contributed by atoms with van der Waals surface area (Å²) in [5.41, 5.74) is 5.26. The lowest BCUT2D eigenvalue weighted by Gasteiger charge is -2.05. The van der Waals surface area contributed by atoms with Gasteiger partial charge in [-0.1, -0.05) is 61.4 Å². The first-order valence-electron chi connectivity index (χ1n) is 9.87. The fourth-order valence-corrected chi connectivity index (χ4v) is 3.60. The molecule has 1 heterocycles. The number of hydrazone groups is 1. The predicted octanol–water partition coefficient (Wildman–Crippen LogP) is 5.61. The van der Waals surface area contributed by atoms with Crippen molar-refractivity contribution in [2.75, 3.05) is 19.1 Å². The summed E-state index contributed by atoms with van der Waals surface area (Å²) < 4.78 is 10.6. The van der Waals surface area contributed by atoms with Gasteiger partial charge in [0.15, 0.2) is 0 Å². The third kappa shape index (κ3) is 5.90. The van der Waals surface area contributed by atoms with Gasteiger partial charge in [0.1, 0.15) is 10.6 Å². The number of thiazole rings is 1. The number of carbonyl (C=O) groups excluding carboxylic acids is 1. The first-order valence-corrected chi connectivity index (χ1v) is 10.7. The van der Waals surface area contributed by atoms with Gasteiger partial charge in [-0.05, 0) is 36.2 Å². The minimum atomic E-state index is -0.419. The number of nitrogens with one attached hydrogen (secondary N) is 1. The number of carbonyl (C=O) groups is 1. The molecule has 0 amide bonds. The topological polar surface area (TPSA) is 72.8 Å². The van der Waals surface area contributed by atoms with Crippen LogP contribution in [0.4, 0.5) is 5.13 Å². The van der Waals surface area contributed by atoms with Crippen LogP contribution in [-0.2, 0) is 4.74 Å². The van der Waals surface area contributed by atoms with E-state index in [2.05, 4.69) is 22.4 Å². The molecular formula is C23H25N3O3S. The van der Waals surface area contributed by atoms with Crippen molar-refractivity contribution in [2.45, 2.75) is 26.2 Å². The van der Waals surface area contributed by atoms with E-state index in [9.17, 15) is 4.79 Å². The summed E-state index contributed by atoms with van der Waals surface area (Å²) in [7, 11) is 1.36. The van der Waals surface area contributed by atoms with E-state index in [1.165, 1.54) is 31.3 Å². The van der Waals surface area contributed by atoms with Crippen LogP contribution in [0.1, 0.15) is 41.4 Å². The summed E-state index contributed by atoms with van der Waals surface area (Å²) in [5, 5.41) is 4.76. The van der Waals surface area contributed by atoms with Crippen molar-refractivity contribution in [2.24, 2.45) is 5.10 Å². The van der Waals surface area contributed by atoms with Gasteiger partial charge >= 0.3 is 5.97 Å². The van der Waals surface area contributed by atoms with Gasteiger partial charge in [-0.15, -0.1) is 0 Å². The van der Waals surface area contributed by atoms with E-state index in [0.717, 1.165) is 29.9 Å². The van der Waals surface area contributed by atoms with Crippen LogP contribution in [-0.4, -0.2) is 30.9 Å². The molecule has 0 aliphatic heterocycles. The van der Waals surface area contributed by atoms with Crippen LogP contribution in [0.15, 0.2) is 59.7 Å². The second-order valence-electron chi connectivity index (χ2n) is 6.55. The summed E-state index contributed by atoms with van der Waals surface area (Å²) in [6, 6.07) is 17.3. The van der Waals surface area contributed by atoms with Gasteiger partial charge in [-0.2, -0.15) is 5.10 Å². The van der Waals surface area contributed by atoms with E-state index in [0.29, 0.717) is 15.7 Å². The monoisotopic (exact) mass is 423 g/mol. The molecule has 156 valence electrons. The summed E-state index contributed by atoms with van der Waals surface area (Å²) in [6.45, 7) is 2.91. The molecule has 0 saturated carbocycles. The first-order chi connectivity index (χ1) is 14.7. The maximum Gasteiger partial charge on any atom is 0.350 e. The number of anilines is 1. The molecule has 0 bridgehead atoms. The van der Waals surface area contributed by atoms with Gasteiger partial charge < -0.3 is 9.47 Å². The molecule has 0 saturated heterocycles. The average molecular weight is 424 g/mol. The van der Waals surface area contributed by atoms with Gasteiger partial charge in [0.2, 0.25) is 5.13 Å². The number of esters is 1. The first kappa shape index (κ1) is 21.5. The Hall–Kier alpha value is -3.19. The molecule has 0 spiro atoms. The molecule has 1 aromatic heterocycles. The molecule has 2 aromatic carbocycles. The fraction of sp³-hybridized carbons (Fsp3) is 0.261. The molecule has 3 aromatic rings. The van der Waals surface area contributed by atoms with Crippen molar-refractivity contribution in [3.63, 3.8) is 0 Å². The standard InChI is InChI=1S/C23H25N3O3S/c1-3-4-8-15-29-19-13-11-17(12-14-19)16-24-26-23-25-20(18-9-6-5-7-10-18)21(30-23)22(27)28-2/h5-7,9-14,16H,3-4,8,15H2,1-2H3,(H,25,26)/b24-16-. The number of rotatable bonds is 10. The van der Waals surface area contributed by atoms with Crippen molar-refractivity contribution >= 4 is 28.7 Å². The Morgan fingerprint density at radius 1 is 1.13 bits per heavy atom. The predicted molar refractivity (Wildman–Crippen MR) is 122 cm³/mol. The van der Waals surface area contributed by atoms with Crippen LogP contribution in [0.5, 0.6) is 5.75 Å². The van der Waals surface area contributed by atoms with Gasteiger partial charge in [0.05, 0.1) is 25.6 Å². The molecule has 0 unspecified atom stereocenters. The Labute approximate surface area is 180 Å². The van der Waals surface area contributed by atoms with Gasteiger partial charge in [-0.3, -0.25) is 5.43 Å².